The highest BCUT2D eigenvalue weighted by Crippen LogP contribution is 2.50. The fourth-order valence-electron chi connectivity index (χ4n) is 5.07. The Balaban J connectivity index is 1.89. The fraction of sp³-hybridized carbons (Fsp3) is 0.345. The Hall–Kier alpha value is -2.99. The molecule has 2 N–H and O–H groups in total. The minimum atomic E-state index is -0.961. The van der Waals surface area contributed by atoms with Gasteiger partial charge in [-0.25, -0.2) is 4.79 Å². The summed E-state index contributed by atoms with van der Waals surface area (Å²) < 4.78 is 11.8. The van der Waals surface area contributed by atoms with Crippen LogP contribution in [0.5, 0.6) is 11.5 Å². The van der Waals surface area contributed by atoms with Gasteiger partial charge in [-0.1, -0.05) is 74.0 Å². The highest BCUT2D eigenvalue weighted by molar-refractivity contribution is 9.10. The standard InChI is InChI=1S/C29H32BrNO4/c1-16-25(18-9-12-23(34-5)24(13-18)35-6)21-14-20(30)15-22(28(32)33)27(21)31-26(16)17-7-10-19(11-8-17)29(2,3)4/h7-16,25-26,31H,1-6H3,(H,32,33)/t16-,25-,26+/m1/s1. The summed E-state index contributed by atoms with van der Waals surface area (Å²) in [4.78, 5) is 12.2. The van der Waals surface area contributed by atoms with E-state index in [1.54, 1.807) is 20.3 Å². The molecule has 1 aliphatic rings. The molecule has 0 radical (unpaired) electrons. The van der Waals surface area contributed by atoms with Crippen LogP contribution < -0.4 is 14.8 Å². The molecule has 1 aliphatic heterocycles. The van der Waals surface area contributed by atoms with Crippen LogP contribution >= 0.6 is 15.9 Å². The zero-order valence-electron chi connectivity index (χ0n) is 21.0. The zero-order valence-corrected chi connectivity index (χ0v) is 22.6. The van der Waals surface area contributed by atoms with Crippen molar-refractivity contribution in [1.82, 2.24) is 0 Å². The highest BCUT2D eigenvalue weighted by atomic mass is 79.9. The molecule has 3 atom stereocenters. The second-order valence-electron chi connectivity index (χ2n) is 10.2. The highest BCUT2D eigenvalue weighted by Gasteiger charge is 2.38. The quantitative estimate of drug-likeness (QED) is 0.355. The lowest BCUT2D eigenvalue weighted by atomic mass is 9.72. The monoisotopic (exact) mass is 537 g/mol. The normalized spacial score (nSPS) is 19.5. The maximum atomic E-state index is 12.2. The Morgan fingerprint density at radius 3 is 2.14 bits per heavy atom. The third kappa shape index (κ3) is 4.76. The lowest BCUT2D eigenvalue weighted by Gasteiger charge is -2.40. The van der Waals surface area contributed by atoms with Crippen molar-refractivity contribution in [3.63, 3.8) is 0 Å². The number of hydrogen-bond donors (Lipinski definition) is 2. The smallest absolute Gasteiger partial charge is 0.337 e. The van der Waals surface area contributed by atoms with E-state index < -0.39 is 5.97 Å². The van der Waals surface area contributed by atoms with E-state index in [0.717, 1.165) is 21.2 Å². The zero-order chi connectivity index (χ0) is 25.5. The molecular formula is C29H32BrNO4. The van der Waals surface area contributed by atoms with Crippen LogP contribution in [0.4, 0.5) is 5.69 Å². The lowest BCUT2D eigenvalue weighted by molar-refractivity contribution is 0.0697. The molecule has 6 heteroatoms. The van der Waals surface area contributed by atoms with Crippen LogP contribution in [0.1, 0.15) is 72.3 Å². The molecule has 0 amide bonds. The number of ether oxygens (including phenoxy) is 2. The van der Waals surface area contributed by atoms with E-state index in [1.807, 2.05) is 24.3 Å². The van der Waals surface area contributed by atoms with Gasteiger partial charge in [0.25, 0.3) is 0 Å². The topological polar surface area (TPSA) is 67.8 Å². The van der Waals surface area contributed by atoms with Gasteiger partial charge in [-0.05, 0) is 57.9 Å². The molecule has 3 aromatic rings. The van der Waals surface area contributed by atoms with Crippen molar-refractivity contribution in [3.8, 4) is 11.5 Å². The third-order valence-corrected chi connectivity index (χ3v) is 7.41. The summed E-state index contributed by atoms with van der Waals surface area (Å²) in [5, 5.41) is 13.6. The molecule has 0 saturated heterocycles. The molecule has 1 heterocycles. The number of carbonyl (C=O) groups is 1. The van der Waals surface area contributed by atoms with Crippen LogP contribution in [0, 0.1) is 5.92 Å². The summed E-state index contributed by atoms with van der Waals surface area (Å²) in [5.41, 5.74) is 5.34. The Morgan fingerprint density at radius 1 is 0.943 bits per heavy atom. The van der Waals surface area contributed by atoms with Gasteiger partial charge in [0.2, 0.25) is 0 Å². The number of benzene rings is 3. The second kappa shape index (κ2) is 9.57. The summed E-state index contributed by atoms with van der Waals surface area (Å²) in [5.74, 6) is 0.410. The van der Waals surface area contributed by atoms with Gasteiger partial charge < -0.3 is 19.9 Å². The Labute approximate surface area is 215 Å². The van der Waals surface area contributed by atoms with Crippen molar-refractivity contribution in [2.45, 2.75) is 45.1 Å². The molecule has 0 spiro atoms. The number of rotatable bonds is 5. The van der Waals surface area contributed by atoms with Crippen molar-refractivity contribution in [2.75, 3.05) is 19.5 Å². The van der Waals surface area contributed by atoms with Gasteiger partial charge in [0.15, 0.2) is 11.5 Å². The van der Waals surface area contributed by atoms with Crippen molar-refractivity contribution in [3.05, 3.63) is 86.9 Å². The van der Waals surface area contributed by atoms with Gasteiger partial charge in [0.05, 0.1) is 31.5 Å². The van der Waals surface area contributed by atoms with Crippen molar-refractivity contribution in [1.29, 1.82) is 0 Å². The number of hydrogen-bond acceptors (Lipinski definition) is 4. The van der Waals surface area contributed by atoms with Crippen LogP contribution in [0.3, 0.4) is 0 Å². The van der Waals surface area contributed by atoms with E-state index >= 15 is 0 Å². The molecule has 5 nitrogen and oxygen atoms in total. The first-order valence-corrected chi connectivity index (χ1v) is 12.5. The van der Waals surface area contributed by atoms with Gasteiger partial charge in [-0.2, -0.15) is 0 Å². The van der Waals surface area contributed by atoms with Crippen molar-refractivity contribution >= 4 is 27.6 Å². The largest absolute Gasteiger partial charge is 0.493 e. The number of anilines is 1. The molecule has 0 aliphatic carbocycles. The molecule has 184 valence electrons. The molecule has 4 rings (SSSR count). The molecule has 0 bridgehead atoms. The summed E-state index contributed by atoms with van der Waals surface area (Å²) in [6.45, 7) is 8.80. The maximum Gasteiger partial charge on any atom is 0.337 e. The molecule has 0 aromatic heterocycles. The van der Waals surface area contributed by atoms with E-state index in [-0.39, 0.29) is 28.9 Å². The summed E-state index contributed by atoms with van der Waals surface area (Å²) in [6.07, 6.45) is 0. The lowest BCUT2D eigenvalue weighted by Crippen LogP contribution is -2.32. The molecule has 0 saturated carbocycles. The van der Waals surface area contributed by atoms with E-state index in [9.17, 15) is 9.90 Å². The minimum absolute atomic E-state index is 0.0572. The molecule has 0 unspecified atom stereocenters. The molecule has 3 aromatic carbocycles. The van der Waals surface area contributed by atoms with Crippen LogP contribution in [-0.2, 0) is 5.41 Å². The van der Waals surface area contributed by atoms with E-state index in [0.29, 0.717) is 17.2 Å². The number of nitrogens with one attached hydrogen (secondary N) is 1. The van der Waals surface area contributed by atoms with Crippen LogP contribution in [0.15, 0.2) is 59.1 Å². The van der Waals surface area contributed by atoms with Crippen LogP contribution in [-0.4, -0.2) is 25.3 Å². The van der Waals surface area contributed by atoms with E-state index in [1.165, 1.54) is 5.56 Å². The summed E-state index contributed by atoms with van der Waals surface area (Å²) in [7, 11) is 3.24. The Kier molecular flexibility index (Phi) is 6.87. The molecule has 35 heavy (non-hydrogen) atoms. The average molecular weight is 538 g/mol. The maximum absolute atomic E-state index is 12.2. The predicted octanol–water partition coefficient (Wildman–Crippen LogP) is 7.40. The van der Waals surface area contributed by atoms with Crippen LogP contribution in [0.2, 0.25) is 0 Å². The Bertz CT molecular complexity index is 1250. The molecular weight excluding hydrogens is 506 g/mol. The first kappa shape index (κ1) is 25.1. The van der Waals surface area contributed by atoms with E-state index in [2.05, 4.69) is 73.2 Å². The number of halogens is 1. The van der Waals surface area contributed by atoms with Gasteiger partial charge in [-0.15, -0.1) is 0 Å². The fourth-order valence-corrected chi connectivity index (χ4v) is 5.55. The minimum Gasteiger partial charge on any atom is -0.493 e. The number of carboxylic acid groups (broad SMARTS) is 1. The number of aromatic carboxylic acids is 1. The Morgan fingerprint density at radius 2 is 1.57 bits per heavy atom. The first-order valence-electron chi connectivity index (χ1n) is 11.7. The number of methoxy groups -OCH3 is 2. The van der Waals surface area contributed by atoms with Crippen LogP contribution in [0.25, 0.3) is 0 Å². The van der Waals surface area contributed by atoms with Gasteiger partial charge in [-0.3, -0.25) is 0 Å². The van der Waals surface area contributed by atoms with Gasteiger partial charge >= 0.3 is 5.97 Å². The first-order chi connectivity index (χ1) is 16.5. The van der Waals surface area contributed by atoms with Crippen molar-refractivity contribution < 1.29 is 19.4 Å². The van der Waals surface area contributed by atoms with Gasteiger partial charge in [0, 0.05) is 10.4 Å². The number of carboxylic acids is 1. The van der Waals surface area contributed by atoms with E-state index in [4.69, 9.17) is 9.47 Å². The number of fused-ring (bicyclic) bond motifs is 1. The van der Waals surface area contributed by atoms with Gasteiger partial charge in [0.1, 0.15) is 0 Å². The summed E-state index contributed by atoms with van der Waals surface area (Å²) in [6, 6.07) is 18.2. The predicted molar refractivity (Wildman–Crippen MR) is 143 cm³/mol. The SMILES string of the molecule is COc1ccc([C@@H]2c3cc(Br)cc(C(=O)O)c3N[C@H](c3ccc(C(C)(C)C)cc3)[C@@H]2C)cc1OC. The molecule has 0 fully saturated rings. The average Bonchev–Trinajstić information content (AvgIpc) is 2.82. The summed E-state index contributed by atoms with van der Waals surface area (Å²) >= 11 is 3.53. The van der Waals surface area contributed by atoms with Crippen molar-refractivity contribution in [2.24, 2.45) is 5.92 Å². The second-order valence-corrected chi connectivity index (χ2v) is 11.1. The third-order valence-electron chi connectivity index (χ3n) is 6.95.